The number of benzene rings is 2. The van der Waals surface area contributed by atoms with E-state index in [9.17, 15) is 9.59 Å². The minimum Gasteiger partial charge on any atom is -0.497 e. The summed E-state index contributed by atoms with van der Waals surface area (Å²) in [5, 5.41) is 2.98. The second-order valence-corrected chi connectivity index (χ2v) is 10.3. The maximum Gasteiger partial charge on any atom is 0.242 e. The van der Waals surface area contributed by atoms with Crippen LogP contribution < -0.4 is 10.1 Å². The van der Waals surface area contributed by atoms with Gasteiger partial charge in [0.25, 0.3) is 0 Å². The van der Waals surface area contributed by atoms with Crippen LogP contribution in [0.5, 0.6) is 5.75 Å². The Morgan fingerprint density at radius 2 is 1.65 bits per heavy atom. The normalized spacial score (nSPS) is 12.2. The number of methoxy groups -OCH3 is 1. The molecule has 7 heteroatoms. The first-order valence-electron chi connectivity index (χ1n) is 10.2. The lowest BCUT2D eigenvalue weighted by molar-refractivity contribution is -0.139. The molecule has 168 valence electrons. The van der Waals surface area contributed by atoms with Crippen LogP contribution in [0.1, 0.15) is 38.8 Å². The second kappa shape index (κ2) is 11.6. The summed E-state index contributed by atoms with van der Waals surface area (Å²) in [5.74, 6) is 1.57. The summed E-state index contributed by atoms with van der Waals surface area (Å²) in [6.45, 7) is 7.94. The molecule has 0 radical (unpaired) electrons. The van der Waals surface area contributed by atoms with Crippen LogP contribution in [-0.4, -0.2) is 41.2 Å². The molecule has 1 N–H and O–H groups in total. The Morgan fingerprint density at radius 3 is 2.19 bits per heavy atom. The molecule has 5 nitrogen and oxygen atoms in total. The molecular formula is C24H31BrN2O3S. The number of amides is 2. The van der Waals surface area contributed by atoms with Gasteiger partial charge in [0.05, 0.1) is 12.9 Å². The van der Waals surface area contributed by atoms with Gasteiger partial charge in [-0.15, -0.1) is 11.8 Å². The summed E-state index contributed by atoms with van der Waals surface area (Å²) in [7, 11) is 1.62. The fraction of sp³-hybridized carbons (Fsp3) is 0.417. The van der Waals surface area contributed by atoms with Gasteiger partial charge in [0.15, 0.2) is 0 Å². The van der Waals surface area contributed by atoms with E-state index in [1.165, 1.54) is 0 Å². The van der Waals surface area contributed by atoms with Crippen LogP contribution in [0.4, 0.5) is 0 Å². The van der Waals surface area contributed by atoms with E-state index in [1.54, 1.807) is 30.7 Å². The maximum atomic E-state index is 13.1. The van der Waals surface area contributed by atoms with Gasteiger partial charge in [0, 0.05) is 22.3 Å². The van der Waals surface area contributed by atoms with Gasteiger partial charge in [-0.25, -0.2) is 0 Å². The van der Waals surface area contributed by atoms with E-state index < -0.39 is 6.04 Å². The number of carbonyl (C=O) groups is 2. The van der Waals surface area contributed by atoms with Gasteiger partial charge in [0.1, 0.15) is 11.8 Å². The van der Waals surface area contributed by atoms with Crippen molar-refractivity contribution in [1.29, 1.82) is 0 Å². The highest BCUT2D eigenvalue weighted by Crippen LogP contribution is 2.19. The molecule has 0 heterocycles. The molecule has 1 atom stereocenters. The van der Waals surface area contributed by atoms with Crippen molar-refractivity contribution < 1.29 is 14.3 Å². The van der Waals surface area contributed by atoms with Crippen LogP contribution in [0, 0.1) is 0 Å². The van der Waals surface area contributed by atoms with Crippen molar-refractivity contribution in [2.75, 3.05) is 12.9 Å². The summed E-state index contributed by atoms with van der Waals surface area (Å²) in [5.41, 5.74) is 1.74. The topological polar surface area (TPSA) is 58.6 Å². The molecule has 0 spiro atoms. The average molecular weight is 507 g/mol. The van der Waals surface area contributed by atoms with Crippen LogP contribution in [0.25, 0.3) is 0 Å². The Labute approximate surface area is 198 Å². The van der Waals surface area contributed by atoms with Crippen LogP contribution >= 0.6 is 27.7 Å². The zero-order chi connectivity index (χ0) is 23.0. The van der Waals surface area contributed by atoms with Gasteiger partial charge in [-0.2, -0.15) is 0 Å². The molecule has 31 heavy (non-hydrogen) atoms. The standard InChI is InChI=1S/C24H31BrN2O3S/c1-17(23(29)26-24(2,3)4)27(14-18-8-12-21(30-5)13-9-18)22(28)16-31-15-19-6-10-20(25)11-7-19/h6-13,17H,14-16H2,1-5H3,(H,26,29). The summed E-state index contributed by atoms with van der Waals surface area (Å²) in [6.07, 6.45) is 0. The lowest BCUT2D eigenvalue weighted by atomic mass is 10.1. The Hall–Kier alpha value is -1.99. The first kappa shape index (κ1) is 25.3. The fourth-order valence-electron chi connectivity index (χ4n) is 2.90. The molecule has 0 saturated carbocycles. The summed E-state index contributed by atoms with van der Waals surface area (Å²) >= 11 is 4.98. The van der Waals surface area contributed by atoms with Crippen molar-refractivity contribution in [1.82, 2.24) is 10.2 Å². The molecule has 0 aliphatic carbocycles. The smallest absolute Gasteiger partial charge is 0.242 e. The first-order valence-corrected chi connectivity index (χ1v) is 12.1. The minimum absolute atomic E-state index is 0.0607. The van der Waals surface area contributed by atoms with E-state index in [4.69, 9.17) is 4.74 Å². The summed E-state index contributed by atoms with van der Waals surface area (Å²) in [6, 6.07) is 15.0. The van der Waals surface area contributed by atoms with Gasteiger partial charge in [0.2, 0.25) is 11.8 Å². The number of hydrogen-bond acceptors (Lipinski definition) is 4. The number of thioether (sulfide) groups is 1. The second-order valence-electron chi connectivity index (χ2n) is 8.40. The molecule has 2 aromatic carbocycles. The van der Waals surface area contributed by atoms with Crippen LogP contribution in [0.3, 0.4) is 0 Å². The first-order chi connectivity index (χ1) is 14.6. The van der Waals surface area contributed by atoms with Gasteiger partial charge in [-0.05, 0) is 63.1 Å². The minimum atomic E-state index is -0.581. The molecule has 0 aliphatic heterocycles. The third kappa shape index (κ3) is 8.57. The molecule has 2 rings (SSSR count). The van der Waals surface area contributed by atoms with Crippen LogP contribution in [0.2, 0.25) is 0 Å². The molecule has 0 bridgehead atoms. The van der Waals surface area contributed by atoms with Crippen molar-refractivity contribution in [3.05, 3.63) is 64.1 Å². The number of halogens is 1. The quantitative estimate of drug-likeness (QED) is 0.518. The monoisotopic (exact) mass is 506 g/mol. The third-order valence-corrected chi connectivity index (χ3v) is 6.10. The number of hydrogen-bond donors (Lipinski definition) is 1. The van der Waals surface area contributed by atoms with E-state index >= 15 is 0 Å². The maximum absolute atomic E-state index is 13.1. The highest BCUT2D eigenvalue weighted by atomic mass is 79.9. The van der Waals surface area contributed by atoms with E-state index in [-0.39, 0.29) is 17.4 Å². The Kier molecular flexibility index (Phi) is 9.44. The fourth-order valence-corrected chi connectivity index (χ4v) is 4.04. The Morgan fingerprint density at radius 1 is 1.06 bits per heavy atom. The average Bonchev–Trinajstić information content (AvgIpc) is 2.72. The zero-order valence-electron chi connectivity index (χ0n) is 18.8. The molecule has 2 aromatic rings. The van der Waals surface area contributed by atoms with Crippen molar-refractivity contribution in [2.45, 2.75) is 51.6 Å². The lowest BCUT2D eigenvalue weighted by Gasteiger charge is -2.31. The van der Waals surface area contributed by atoms with Gasteiger partial charge < -0.3 is 15.0 Å². The molecule has 0 saturated heterocycles. The Balaban J connectivity index is 2.09. The summed E-state index contributed by atoms with van der Waals surface area (Å²) in [4.78, 5) is 27.6. The van der Waals surface area contributed by atoms with Crippen LogP contribution in [-0.2, 0) is 21.9 Å². The van der Waals surface area contributed by atoms with E-state index in [1.807, 2.05) is 69.3 Å². The lowest BCUT2D eigenvalue weighted by Crippen LogP contribution is -2.52. The van der Waals surface area contributed by atoms with Gasteiger partial charge >= 0.3 is 0 Å². The van der Waals surface area contributed by atoms with Gasteiger partial charge in [-0.1, -0.05) is 40.2 Å². The van der Waals surface area contributed by atoms with Crippen molar-refractivity contribution in [3.63, 3.8) is 0 Å². The third-order valence-electron chi connectivity index (χ3n) is 4.58. The number of ether oxygens (including phenoxy) is 1. The van der Waals surface area contributed by atoms with Gasteiger partial charge in [-0.3, -0.25) is 9.59 Å². The Bertz CT molecular complexity index is 864. The predicted octanol–water partition coefficient (Wildman–Crippen LogP) is 5.02. The van der Waals surface area contributed by atoms with E-state index in [0.717, 1.165) is 27.1 Å². The van der Waals surface area contributed by atoms with Crippen molar-refractivity contribution in [2.24, 2.45) is 0 Å². The highest BCUT2D eigenvalue weighted by Gasteiger charge is 2.28. The zero-order valence-corrected chi connectivity index (χ0v) is 21.2. The van der Waals surface area contributed by atoms with E-state index in [0.29, 0.717) is 12.3 Å². The highest BCUT2D eigenvalue weighted by molar-refractivity contribution is 9.10. The number of nitrogens with one attached hydrogen (secondary N) is 1. The SMILES string of the molecule is COc1ccc(CN(C(=O)CSCc2ccc(Br)cc2)C(C)C(=O)NC(C)(C)C)cc1. The number of carbonyl (C=O) groups excluding carboxylic acids is 2. The van der Waals surface area contributed by atoms with Crippen molar-refractivity contribution >= 4 is 39.5 Å². The van der Waals surface area contributed by atoms with Crippen molar-refractivity contribution in [3.8, 4) is 5.75 Å². The molecule has 0 fully saturated rings. The molecular weight excluding hydrogens is 476 g/mol. The molecule has 0 aromatic heterocycles. The van der Waals surface area contributed by atoms with E-state index in [2.05, 4.69) is 21.2 Å². The predicted molar refractivity (Wildman–Crippen MR) is 131 cm³/mol. The number of nitrogens with zero attached hydrogens (tertiary/aromatic N) is 1. The number of rotatable bonds is 9. The van der Waals surface area contributed by atoms with Crippen LogP contribution in [0.15, 0.2) is 53.0 Å². The summed E-state index contributed by atoms with van der Waals surface area (Å²) < 4.78 is 6.24. The largest absolute Gasteiger partial charge is 0.497 e. The molecule has 0 aliphatic rings. The molecule has 1 unspecified atom stereocenters. The molecule has 2 amide bonds.